The third-order valence-electron chi connectivity index (χ3n) is 0.631. The molecule has 0 spiro atoms. The molecule has 5 heteroatoms. The van der Waals surface area contributed by atoms with Gasteiger partial charge in [0.2, 0.25) is 0 Å². The lowest BCUT2D eigenvalue weighted by molar-refractivity contribution is 0.417. The highest BCUT2D eigenvalue weighted by atomic mass is 32.1. The van der Waals surface area contributed by atoms with Crippen LogP contribution in [0.1, 0.15) is 4.88 Å². The van der Waals surface area contributed by atoms with Gasteiger partial charge in [-0.3, -0.25) is 0 Å². The molecule has 0 radical (unpaired) electrons. The standard InChI is InChI=1S/C5H3NS.CH5BO2/c6-4-5-2-1-3-7-5;1-2(3)4/h1-3H;3-4H,1H3. The van der Waals surface area contributed by atoms with Gasteiger partial charge < -0.3 is 10.0 Å². The Morgan fingerprint density at radius 2 is 2.18 bits per heavy atom. The summed E-state index contributed by atoms with van der Waals surface area (Å²) in [6.07, 6.45) is 0. The molecule has 1 heterocycles. The minimum atomic E-state index is -1.17. The van der Waals surface area contributed by atoms with E-state index in [1.54, 1.807) is 6.07 Å². The quantitative estimate of drug-likeness (QED) is 0.562. The zero-order valence-electron chi connectivity index (χ0n) is 6.06. The van der Waals surface area contributed by atoms with Gasteiger partial charge in [0.15, 0.2) is 0 Å². The summed E-state index contributed by atoms with van der Waals surface area (Å²) in [6.45, 7) is 1.28. The molecule has 0 unspecified atom stereocenters. The molecule has 0 aliphatic rings. The van der Waals surface area contributed by atoms with Crippen LogP contribution in [0.5, 0.6) is 0 Å². The van der Waals surface area contributed by atoms with Gasteiger partial charge in [0.25, 0.3) is 0 Å². The maximum absolute atomic E-state index is 8.19. The molecule has 1 aromatic heterocycles. The van der Waals surface area contributed by atoms with Gasteiger partial charge in [0.1, 0.15) is 10.9 Å². The molecule has 0 saturated heterocycles. The molecule has 3 nitrogen and oxygen atoms in total. The van der Waals surface area contributed by atoms with Crippen LogP contribution >= 0.6 is 11.3 Å². The molecule has 0 bridgehead atoms. The van der Waals surface area contributed by atoms with Gasteiger partial charge in [-0.15, -0.1) is 11.3 Å². The second-order valence-corrected chi connectivity index (χ2v) is 2.67. The third kappa shape index (κ3) is 7.07. The zero-order chi connectivity index (χ0) is 8.69. The molecule has 0 aromatic carbocycles. The summed E-state index contributed by atoms with van der Waals surface area (Å²) >= 11 is 1.46. The molecule has 0 fully saturated rings. The molecule has 0 saturated carbocycles. The van der Waals surface area contributed by atoms with E-state index in [0.717, 1.165) is 4.88 Å². The molecular weight excluding hydrogens is 161 g/mol. The van der Waals surface area contributed by atoms with Gasteiger partial charge >= 0.3 is 7.12 Å². The number of hydrogen-bond acceptors (Lipinski definition) is 4. The van der Waals surface area contributed by atoms with E-state index in [1.165, 1.54) is 18.2 Å². The molecule has 58 valence electrons. The van der Waals surface area contributed by atoms with Gasteiger partial charge in [-0.2, -0.15) is 5.26 Å². The topological polar surface area (TPSA) is 64.2 Å². The molecule has 2 N–H and O–H groups in total. The van der Waals surface area contributed by atoms with Crippen LogP contribution in [0.4, 0.5) is 0 Å². The van der Waals surface area contributed by atoms with Crippen molar-refractivity contribution >= 4 is 18.5 Å². The van der Waals surface area contributed by atoms with Crippen LogP contribution in [0, 0.1) is 11.3 Å². The van der Waals surface area contributed by atoms with Crippen molar-refractivity contribution in [1.29, 1.82) is 5.26 Å². The Hall–Kier alpha value is -0.825. The van der Waals surface area contributed by atoms with Crippen molar-refractivity contribution in [3.63, 3.8) is 0 Å². The predicted molar refractivity (Wildman–Crippen MR) is 45.1 cm³/mol. The van der Waals surface area contributed by atoms with E-state index in [2.05, 4.69) is 0 Å². The van der Waals surface area contributed by atoms with E-state index < -0.39 is 7.12 Å². The Labute approximate surface area is 69.7 Å². The third-order valence-corrected chi connectivity index (χ3v) is 1.41. The number of thiophene rings is 1. The second kappa shape index (κ2) is 5.92. The van der Waals surface area contributed by atoms with Crippen LogP contribution in [0.3, 0.4) is 0 Å². The lowest BCUT2D eigenvalue weighted by Gasteiger charge is -1.71. The van der Waals surface area contributed by atoms with Crippen molar-refractivity contribution in [3.8, 4) is 6.07 Å². The Balaban J connectivity index is 0.000000218. The summed E-state index contributed by atoms with van der Waals surface area (Å²) < 4.78 is 0. The van der Waals surface area contributed by atoms with Crippen LogP contribution in [-0.4, -0.2) is 17.2 Å². The average Bonchev–Trinajstić information content (AvgIpc) is 2.36. The van der Waals surface area contributed by atoms with E-state index >= 15 is 0 Å². The zero-order valence-corrected chi connectivity index (χ0v) is 6.88. The van der Waals surface area contributed by atoms with Crippen LogP contribution in [-0.2, 0) is 0 Å². The van der Waals surface area contributed by atoms with Gasteiger partial charge in [0.05, 0.1) is 0 Å². The lowest BCUT2D eigenvalue weighted by atomic mass is 9.99. The highest BCUT2D eigenvalue weighted by Gasteiger charge is 1.86. The first-order valence-electron chi connectivity index (χ1n) is 2.96. The molecule has 0 aliphatic carbocycles. The van der Waals surface area contributed by atoms with Crippen molar-refractivity contribution in [1.82, 2.24) is 0 Å². The smallest absolute Gasteiger partial charge is 0.427 e. The van der Waals surface area contributed by atoms with Crippen LogP contribution in [0.2, 0.25) is 6.82 Å². The fraction of sp³-hybridized carbons (Fsp3) is 0.167. The van der Waals surface area contributed by atoms with Crippen molar-refractivity contribution in [2.45, 2.75) is 6.82 Å². The van der Waals surface area contributed by atoms with Gasteiger partial charge in [-0.25, -0.2) is 0 Å². The number of rotatable bonds is 0. The normalized spacial score (nSPS) is 7.45. The van der Waals surface area contributed by atoms with Gasteiger partial charge in [0, 0.05) is 0 Å². The number of hydrogen-bond donors (Lipinski definition) is 2. The lowest BCUT2D eigenvalue weighted by Crippen LogP contribution is -2.00. The summed E-state index contributed by atoms with van der Waals surface area (Å²) in [5.74, 6) is 0. The molecule has 1 aromatic rings. The minimum absolute atomic E-state index is 0.778. The average molecular weight is 169 g/mol. The minimum Gasteiger partial charge on any atom is -0.427 e. The van der Waals surface area contributed by atoms with Gasteiger partial charge in [-0.05, 0) is 18.3 Å². The van der Waals surface area contributed by atoms with Crippen molar-refractivity contribution in [2.24, 2.45) is 0 Å². The van der Waals surface area contributed by atoms with E-state index in [-0.39, 0.29) is 0 Å². The van der Waals surface area contributed by atoms with E-state index in [9.17, 15) is 0 Å². The summed E-state index contributed by atoms with van der Waals surface area (Å²) in [6, 6.07) is 5.69. The summed E-state index contributed by atoms with van der Waals surface area (Å²) in [4.78, 5) is 0.778. The first kappa shape index (κ1) is 10.2. The van der Waals surface area contributed by atoms with Crippen molar-refractivity contribution in [2.75, 3.05) is 0 Å². The first-order chi connectivity index (χ1) is 5.16. The summed E-state index contributed by atoms with van der Waals surface area (Å²) in [5, 5.41) is 25.3. The van der Waals surface area contributed by atoms with Gasteiger partial charge in [-0.1, -0.05) is 6.07 Å². The Kier molecular flexibility index (Phi) is 5.48. The fourth-order valence-corrected chi connectivity index (χ4v) is 0.856. The molecule has 0 amide bonds. The molecule has 1 rings (SSSR count). The van der Waals surface area contributed by atoms with Crippen molar-refractivity contribution < 1.29 is 10.0 Å². The van der Waals surface area contributed by atoms with E-state index in [1.807, 2.05) is 17.5 Å². The van der Waals surface area contributed by atoms with Crippen LogP contribution in [0.25, 0.3) is 0 Å². The molecule has 0 aliphatic heterocycles. The Bertz CT molecular complexity index is 214. The molecular formula is C6H8BNO2S. The largest absolute Gasteiger partial charge is 0.448 e. The SMILES string of the molecule is CB(O)O.N#Cc1cccs1. The monoisotopic (exact) mass is 169 g/mol. The maximum Gasteiger partial charge on any atom is 0.448 e. The maximum atomic E-state index is 8.19. The van der Waals surface area contributed by atoms with E-state index in [4.69, 9.17) is 15.3 Å². The van der Waals surface area contributed by atoms with E-state index in [0.29, 0.717) is 0 Å². The summed E-state index contributed by atoms with van der Waals surface area (Å²) in [7, 11) is -1.17. The molecule has 11 heavy (non-hydrogen) atoms. The predicted octanol–water partition coefficient (Wildman–Crippen LogP) is 0.709. The number of nitriles is 1. The Morgan fingerprint density at radius 3 is 2.36 bits per heavy atom. The second-order valence-electron chi connectivity index (χ2n) is 1.72. The fourth-order valence-electron chi connectivity index (χ4n) is 0.342. The van der Waals surface area contributed by atoms with Crippen LogP contribution in [0.15, 0.2) is 17.5 Å². The number of nitrogens with zero attached hydrogens (tertiary/aromatic N) is 1. The first-order valence-corrected chi connectivity index (χ1v) is 3.84. The van der Waals surface area contributed by atoms with Crippen LogP contribution < -0.4 is 0 Å². The molecule has 0 atom stereocenters. The summed E-state index contributed by atoms with van der Waals surface area (Å²) in [5.41, 5.74) is 0. The highest BCUT2D eigenvalue weighted by Crippen LogP contribution is 2.04. The Morgan fingerprint density at radius 1 is 1.64 bits per heavy atom. The van der Waals surface area contributed by atoms with Crippen molar-refractivity contribution in [3.05, 3.63) is 22.4 Å². The highest BCUT2D eigenvalue weighted by molar-refractivity contribution is 7.10.